The predicted octanol–water partition coefficient (Wildman–Crippen LogP) is 3.07. The Bertz CT molecular complexity index is 775. The first-order valence-electron chi connectivity index (χ1n) is 8.16. The lowest BCUT2D eigenvalue weighted by Crippen LogP contribution is -2.41. The molecule has 130 valence electrons. The second-order valence-corrected chi connectivity index (χ2v) is 6.05. The van der Waals surface area contributed by atoms with Gasteiger partial charge in [-0.2, -0.15) is 0 Å². The number of ether oxygens (including phenoxy) is 1. The molecule has 0 aliphatic heterocycles. The average molecular weight is 342 g/mol. The van der Waals surface area contributed by atoms with E-state index in [-0.39, 0.29) is 11.8 Å². The van der Waals surface area contributed by atoms with Crippen LogP contribution >= 0.6 is 0 Å². The van der Waals surface area contributed by atoms with Crippen LogP contribution in [0.4, 0.5) is 4.39 Å². The van der Waals surface area contributed by atoms with Crippen molar-refractivity contribution < 1.29 is 18.7 Å². The molecule has 1 saturated carbocycles. The number of nitrogens with one attached hydrogen (secondary N) is 2. The lowest BCUT2D eigenvalue weighted by atomic mass is 10.1. The Morgan fingerprint density at radius 2 is 1.84 bits per heavy atom. The van der Waals surface area contributed by atoms with E-state index >= 15 is 0 Å². The molecule has 1 aliphatic carbocycles. The minimum atomic E-state index is -0.718. The molecule has 0 spiro atoms. The van der Waals surface area contributed by atoms with Crippen molar-refractivity contribution in [3.8, 4) is 11.5 Å². The molecular weight excluding hydrogens is 323 g/mol. The van der Waals surface area contributed by atoms with Crippen molar-refractivity contribution in [3.63, 3.8) is 0 Å². The number of hydrogen-bond acceptors (Lipinski definition) is 3. The van der Waals surface area contributed by atoms with Crippen molar-refractivity contribution in [3.05, 3.63) is 59.9 Å². The Morgan fingerprint density at radius 1 is 1.12 bits per heavy atom. The van der Waals surface area contributed by atoms with E-state index in [1.807, 2.05) is 6.07 Å². The smallest absolute Gasteiger partial charge is 0.309 e. The molecule has 1 fully saturated rings. The molecule has 0 heterocycles. The van der Waals surface area contributed by atoms with Gasteiger partial charge < -0.3 is 15.4 Å². The second kappa shape index (κ2) is 7.34. The van der Waals surface area contributed by atoms with Gasteiger partial charge in [0.25, 0.3) is 0 Å². The van der Waals surface area contributed by atoms with Crippen LogP contribution in [0.25, 0.3) is 0 Å². The van der Waals surface area contributed by atoms with Crippen LogP contribution in [0.2, 0.25) is 0 Å². The van der Waals surface area contributed by atoms with Crippen LogP contribution in [0.5, 0.6) is 11.5 Å². The van der Waals surface area contributed by atoms with Crippen LogP contribution in [0.1, 0.15) is 31.4 Å². The lowest BCUT2D eigenvalue weighted by Gasteiger charge is -2.15. The van der Waals surface area contributed by atoms with Gasteiger partial charge in [-0.3, -0.25) is 9.59 Å². The Kier molecular flexibility index (Phi) is 4.97. The normalized spacial score (nSPS) is 14.5. The molecule has 0 aromatic heterocycles. The van der Waals surface area contributed by atoms with Gasteiger partial charge in [-0.15, -0.1) is 0 Å². The van der Waals surface area contributed by atoms with Gasteiger partial charge in [-0.25, -0.2) is 4.39 Å². The van der Waals surface area contributed by atoms with Crippen LogP contribution in [-0.2, 0) is 9.59 Å². The summed E-state index contributed by atoms with van der Waals surface area (Å²) in [4.78, 5) is 23.5. The van der Waals surface area contributed by atoms with Crippen molar-refractivity contribution in [1.82, 2.24) is 10.6 Å². The van der Waals surface area contributed by atoms with Gasteiger partial charge in [0.05, 0.1) is 6.04 Å². The quantitative estimate of drug-likeness (QED) is 0.821. The van der Waals surface area contributed by atoms with Gasteiger partial charge in [0, 0.05) is 6.04 Å². The number of carbonyl (C=O) groups is 2. The fraction of sp³-hybridized carbons (Fsp3) is 0.263. The van der Waals surface area contributed by atoms with Crippen molar-refractivity contribution in [2.75, 3.05) is 0 Å². The molecule has 2 amide bonds. The van der Waals surface area contributed by atoms with Gasteiger partial charge in [0.15, 0.2) is 11.6 Å². The van der Waals surface area contributed by atoms with Gasteiger partial charge >= 0.3 is 11.8 Å². The molecule has 6 heteroatoms. The highest BCUT2D eigenvalue weighted by atomic mass is 19.1. The topological polar surface area (TPSA) is 67.4 Å². The molecule has 3 rings (SSSR count). The van der Waals surface area contributed by atoms with Crippen molar-refractivity contribution in [1.29, 1.82) is 0 Å². The number of para-hydroxylation sites is 1. The summed E-state index contributed by atoms with van der Waals surface area (Å²) in [5.41, 5.74) is 0.547. The van der Waals surface area contributed by atoms with E-state index in [0.717, 1.165) is 12.8 Å². The molecule has 1 unspecified atom stereocenters. The zero-order valence-electron chi connectivity index (χ0n) is 13.8. The molecule has 1 atom stereocenters. The monoisotopic (exact) mass is 342 g/mol. The van der Waals surface area contributed by atoms with Crippen LogP contribution in [0.3, 0.4) is 0 Å². The number of hydrogen-bond donors (Lipinski definition) is 2. The highest BCUT2D eigenvalue weighted by Crippen LogP contribution is 2.26. The van der Waals surface area contributed by atoms with E-state index in [9.17, 15) is 14.0 Å². The van der Waals surface area contributed by atoms with E-state index in [1.54, 1.807) is 37.3 Å². The first-order chi connectivity index (χ1) is 12.0. The van der Waals surface area contributed by atoms with Crippen LogP contribution < -0.4 is 15.4 Å². The summed E-state index contributed by atoms with van der Waals surface area (Å²) >= 11 is 0. The van der Waals surface area contributed by atoms with E-state index in [0.29, 0.717) is 11.3 Å². The minimum Gasteiger partial charge on any atom is -0.454 e. The van der Waals surface area contributed by atoms with Gasteiger partial charge in [0.1, 0.15) is 5.75 Å². The Balaban J connectivity index is 1.62. The summed E-state index contributed by atoms with van der Waals surface area (Å²) in [5.74, 6) is -1.28. The van der Waals surface area contributed by atoms with Crippen LogP contribution in [0, 0.1) is 5.82 Å². The summed E-state index contributed by atoms with van der Waals surface area (Å²) in [6.07, 6.45) is 1.81. The third-order valence-electron chi connectivity index (χ3n) is 3.89. The molecule has 2 N–H and O–H groups in total. The highest BCUT2D eigenvalue weighted by molar-refractivity contribution is 6.35. The standard InChI is InChI=1S/C19H19FN2O3/c1-12(21-18(23)19(24)22-14-8-9-14)13-7-10-17(16(20)11-13)25-15-5-3-2-4-6-15/h2-7,10-12,14H,8-9H2,1H3,(H,21,23)(H,22,24). The molecule has 1 aliphatic rings. The van der Waals surface area contributed by atoms with E-state index in [2.05, 4.69) is 10.6 Å². The molecule has 5 nitrogen and oxygen atoms in total. The number of carbonyl (C=O) groups excluding carboxylic acids is 2. The molecule has 2 aromatic rings. The Hall–Kier alpha value is -2.89. The second-order valence-electron chi connectivity index (χ2n) is 6.05. The Labute approximate surface area is 145 Å². The minimum absolute atomic E-state index is 0.0972. The van der Waals surface area contributed by atoms with Crippen LogP contribution in [-0.4, -0.2) is 17.9 Å². The van der Waals surface area contributed by atoms with Crippen molar-refractivity contribution in [2.24, 2.45) is 0 Å². The molecule has 2 aromatic carbocycles. The first kappa shape index (κ1) is 17.0. The lowest BCUT2D eigenvalue weighted by molar-refractivity contribution is -0.139. The summed E-state index contributed by atoms with van der Waals surface area (Å²) in [5, 5.41) is 5.18. The number of halogens is 1. The van der Waals surface area contributed by atoms with Gasteiger partial charge in [0.2, 0.25) is 0 Å². The molecule has 0 radical (unpaired) electrons. The first-order valence-corrected chi connectivity index (χ1v) is 8.16. The number of benzene rings is 2. The third kappa shape index (κ3) is 4.56. The predicted molar refractivity (Wildman–Crippen MR) is 90.6 cm³/mol. The third-order valence-corrected chi connectivity index (χ3v) is 3.89. The van der Waals surface area contributed by atoms with Crippen molar-refractivity contribution >= 4 is 11.8 Å². The zero-order valence-corrected chi connectivity index (χ0v) is 13.8. The van der Waals surface area contributed by atoms with Crippen LogP contribution in [0.15, 0.2) is 48.5 Å². The Morgan fingerprint density at radius 3 is 2.48 bits per heavy atom. The largest absolute Gasteiger partial charge is 0.454 e. The van der Waals surface area contributed by atoms with E-state index < -0.39 is 23.7 Å². The molecular formula is C19H19FN2O3. The van der Waals surface area contributed by atoms with Gasteiger partial charge in [-0.05, 0) is 49.6 Å². The maximum Gasteiger partial charge on any atom is 0.309 e. The van der Waals surface area contributed by atoms with Gasteiger partial charge in [-0.1, -0.05) is 24.3 Å². The molecule has 0 bridgehead atoms. The summed E-state index contributed by atoms with van der Waals surface area (Å²) in [6, 6.07) is 13.0. The zero-order chi connectivity index (χ0) is 17.8. The number of rotatable bonds is 5. The summed E-state index contributed by atoms with van der Waals surface area (Å²) in [7, 11) is 0. The fourth-order valence-electron chi connectivity index (χ4n) is 2.31. The van der Waals surface area contributed by atoms with E-state index in [4.69, 9.17) is 4.74 Å². The maximum absolute atomic E-state index is 14.3. The molecule has 0 saturated heterocycles. The summed E-state index contributed by atoms with van der Waals surface area (Å²) < 4.78 is 19.7. The number of amides is 2. The summed E-state index contributed by atoms with van der Waals surface area (Å²) in [6.45, 7) is 1.69. The molecule has 25 heavy (non-hydrogen) atoms. The van der Waals surface area contributed by atoms with E-state index in [1.165, 1.54) is 12.1 Å². The maximum atomic E-state index is 14.3. The van der Waals surface area contributed by atoms with Crippen molar-refractivity contribution in [2.45, 2.75) is 31.8 Å². The SMILES string of the molecule is CC(NC(=O)C(=O)NC1CC1)c1ccc(Oc2ccccc2)c(F)c1. The average Bonchev–Trinajstić information content (AvgIpc) is 3.41. The fourth-order valence-corrected chi connectivity index (χ4v) is 2.31. The highest BCUT2D eigenvalue weighted by Gasteiger charge is 2.27.